The van der Waals surface area contributed by atoms with Gasteiger partial charge in [0.25, 0.3) is 0 Å². The van der Waals surface area contributed by atoms with Crippen LogP contribution in [0.3, 0.4) is 0 Å². The van der Waals surface area contributed by atoms with Crippen LogP contribution in [0.15, 0.2) is 12.2 Å². The maximum Gasteiger partial charge on any atom is 0.206 e. The summed E-state index contributed by atoms with van der Waals surface area (Å²) in [5, 5.41) is 10.6. The molecule has 1 unspecified atom stereocenters. The van der Waals surface area contributed by atoms with E-state index in [-0.39, 0.29) is 17.4 Å². The van der Waals surface area contributed by atoms with Gasteiger partial charge < -0.3 is 9.47 Å². The SMILES string of the molecule is O=[N+]([O-])CC1CC/C=C\CC2(C1)OCCO2. The van der Waals surface area contributed by atoms with Crippen molar-refractivity contribution in [1.82, 2.24) is 0 Å². The molecule has 1 heterocycles. The van der Waals surface area contributed by atoms with Crippen LogP contribution >= 0.6 is 0 Å². The van der Waals surface area contributed by atoms with Gasteiger partial charge >= 0.3 is 0 Å². The Bertz CT molecular complexity index is 284. The molecule has 0 aromatic rings. The van der Waals surface area contributed by atoms with Crippen molar-refractivity contribution in [2.24, 2.45) is 5.92 Å². The summed E-state index contributed by atoms with van der Waals surface area (Å²) in [7, 11) is 0. The van der Waals surface area contributed by atoms with E-state index in [2.05, 4.69) is 12.2 Å². The standard InChI is InChI=1S/C11H17NO4/c13-12(14)9-10-4-2-1-3-5-11(8-10)15-6-7-16-11/h1,3,10H,2,4-9H2/b3-1-. The molecule has 1 saturated heterocycles. The second-order valence-electron chi connectivity index (χ2n) is 4.45. The highest BCUT2D eigenvalue weighted by Crippen LogP contribution is 2.34. The molecule has 1 spiro atoms. The molecule has 0 N–H and O–H groups in total. The molecule has 1 aliphatic carbocycles. The molecule has 0 aromatic heterocycles. The van der Waals surface area contributed by atoms with Gasteiger partial charge in [-0.1, -0.05) is 12.2 Å². The maximum atomic E-state index is 10.6. The van der Waals surface area contributed by atoms with Crippen LogP contribution in [0.2, 0.25) is 0 Å². The first kappa shape index (κ1) is 11.5. The fourth-order valence-electron chi connectivity index (χ4n) is 2.44. The third kappa shape index (κ3) is 2.80. The zero-order chi connectivity index (χ0) is 11.4. The first-order valence-electron chi connectivity index (χ1n) is 5.75. The molecular weight excluding hydrogens is 210 g/mol. The van der Waals surface area contributed by atoms with Crippen LogP contribution in [0.4, 0.5) is 0 Å². The van der Waals surface area contributed by atoms with Crippen molar-refractivity contribution in [1.29, 1.82) is 0 Å². The Balaban J connectivity index is 2.04. The minimum absolute atomic E-state index is 0.0162. The largest absolute Gasteiger partial charge is 0.347 e. The topological polar surface area (TPSA) is 61.6 Å². The van der Waals surface area contributed by atoms with Gasteiger partial charge in [-0.15, -0.1) is 0 Å². The summed E-state index contributed by atoms with van der Waals surface area (Å²) in [5.74, 6) is -0.532. The van der Waals surface area contributed by atoms with Crippen molar-refractivity contribution in [3.05, 3.63) is 22.3 Å². The predicted octanol–water partition coefficient (Wildman–Crippen LogP) is 1.75. The number of rotatable bonds is 2. The van der Waals surface area contributed by atoms with E-state index in [0.29, 0.717) is 26.1 Å². The van der Waals surface area contributed by atoms with E-state index in [0.717, 1.165) is 12.8 Å². The first-order chi connectivity index (χ1) is 7.70. The second kappa shape index (κ2) is 4.93. The minimum atomic E-state index is -0.586. The number of ether oxygens (including phenoxy) is 2. The lowest BCUT2D eigenvalue weighted by Crippen LogP contribution is -2.35. The Hall–Kier alpha value is -0.940. The van der Waals surface area contributed by atoms with Crippen molar-refractivity contribution in [2.75, 3.05) is 19.8 Å². The average molecular weight is 227 g/mol. The van der Waals surface area contributed by atoms with E-state index < -0.39 is 5.79 Å². The number of nitrogens with zero attached hydrogens (tertiary/aromatic N) is 1. The van der Waals surface area contributed by atoms with Gasteiger partial charge in [-0.3, -0.25) is 10.1 Å². The van der Waals surface area contributed by atoms with Crippen LogP contribution in [0.1, 0.15) is 25.7 Å². The Morgan fingerprint density at radius 1 is 1.38 bits per heavy atom. The molecule has 2 aliphatic rings. The summed E-state index contributed by atoms with van der Waals surface area (Å²) < 4.78 is 11.3. The fraction of sp³-hybridized carbons (Fsp3) is 0.818. The summed E-state index contributed by atoms with van der Waals surface area (Å²) in [6.07, 6.45) is 7.23. The zero-order valence-electron chi connectivity index (χ0n) is 9.26. The Morgan fingerprint density at radius 2 is 2.12 bits per heavy atom. The number of hydrogen-bond acceptors (Lipinski definition) is 4. The monoisotopic (exact) mass is 227 g/mol. The normalized spacial score (nSPS) is 30.9. The molecule has 1 aliphatic heterocycles. The number of allylic oxidation sites excluding steroid dienone is 1. The Morgan fingerprint density at radius 3 is 2.81 bits per heavy atom. The molecule has 1 atom stereocenters. The van der Waals surface area contributed by atoms with Crippen molar-refractivity contribution < 1.29 is 14.4 Å². The van der Waals surface area contributed by atoms with Crippen LogP contribution in [-0.4, -0.2) is 30.5 Å². The quantitative estimate of drug-likeness (QED) is 0.409. The molecule has 5 nitrogen and oxygen atoms in total. The van der Waals surface area contributed by atoms with Gasteiger partial charge in [0.1, 0.15) is 0 Å². The molecule has 0 radical (unpaired) electrons. The van der Waals surface area contributed by atoms with Gasteiger partial charge in [-0.05, 0) is 12.8 Å². The van der Waals surface area contributed by atoms with E-state index in [9.17, 15) is 10.1 Å². The van der Waals surface area contributed by atoms with E-state index >= 15 is 0 Å². The summed E-state index contributed by atoms with van der Waals surface area (Å²) in [6.45, 7) is 1.21. The van der Waals surface area contributed by atoms with Crippen LogP contribution in [-0.2, 0) is 9.47 Å². The maximum absolute atomic E-state index is 10.6. The molecule has 1 fully saturated rings. The molecule has 0 amide bonds. The molecule has 0 saturated carbocycles. The van der Waals surface area contributed by atoms with E-state index in [4.69, 9.17) is 9.47 Å². The Kier molecular flexibility index (Phi) is 3.56. The van der Waals surface area contributed by atoms with Gasteiger partial charge in [0.2, 0.25) is 6.54 Å². The Labute approximate surface area is 94.6 Å². The van der Waals surface area contributed by atoms with Crippen molar-refractivity contribution in [3.63, 3.8) is 0 Å². The second-order valence-corrected chi connectivity index (χ2v) is 4.45. The summed E-state index contributed by atoms with van der Waals surface area (Å²) in [6, 6.07) is 0. The fourth-order valence-corrected chi connectivity index (χ4v) is 2.44. The third-order valence-corrected chi connectivity index (χ3v) is 3.16. The predicted molar refractivity (Wildman–Crippen MR) is 57.6 cm³/mol. The van der Waals surface area contributed by atoms with E-state index in [1.165, 1.54) is 0 Å². The lowest BCUT2D eigenvalue weighted by molar-refractivity contribution is -0.490. The molecule has 2 rings (SSSR count). The lowest BCUT2D eigenvalue weighted by atomic mass is 9.90. The number of nitro groups is 1. The van der Waals surface area contributed by atoms with Crippen molar-refractivity contribution in [2.45, 2.75) is 31.5 Å². The van der Waals surface area contributed by atoms with E-state index in [1.54, 1.807) is 0 Å². The minimum Gasteiger partial charge on any atom is -0.347 e. The average Bonchev–Trinajstić information content (AvgIpc) is 2.62. The van der Waals surface area contributed by atoms with Crippen molar-refractivity contribution in [3.8, 4) is 0 Å². The molecule has 5 heteroatoms. The molecular formula is C11H17NO4. The smallest absolute Gasteiger partial charge is 0.206 e. The highest BCUT2D eigenvalue weighted by Gasteiger charge is 2.39. The highest BCUT2D eigenvalue weighted by molar-refractivity contribution is 4.93. The van der Waals surface area contributed by atoms with Crippen molar-refractivity contribution >= 4 is 0 Å². The summed E-state index contributed by atoms with van der Waals surface area (Å²) in [5.41, 5.74) is 0. The zero-order valence-corrected chi connectivity index (χ0v) is 9.26. The van der Waals surface area contributed by atoms with Crippen LogP contribution in [0, 0.1) is 16.0 Å². The van der Waals surface area contributed by atoms with Gasteiger partial charge in [-0.2, -0.15) is 0 Å². The molecule has 90 valence electrons. The summed E-state index contributed by atoms with van der Waals surface area (Å²) in [4.78, 5) is 10.3. The molecule has 0 bridgehead atoms. The van der Waals surface area contributed by atoms with E-state index in [1.807, 2.05) is 0 Å². The summed E-state index contributed by atoms with van der Waals surface area (Å²) >= 11 is 0. The van der Waals surface area contributed by atoms with Gasteiger partial charge in [-0.25, -0.2) is 0 Å². The third-order valence-electron chi connectivity index (χ3n) is 3.16. The molecule has 16 heavy (non-hydrogen) atoms. The highest BCUT2D eigenvalue weighted by atomic mass is 16.7. The van der Waals surface area contributed by atoms with Crippen LogP contribution in [0.25, 0.3) is 0 Å². The molecule has 0 aromatic carbocycles. The lowest BCUT2D eigenvalue weighted by Gasteiger charge is -2.30. The van der Waals surface area contributed by atoms with Gasteiger partial charge in [0.05, 0.1) is 13.2 Å². The number of hydrogen-bond donors (Lipinski definition) is 0. The van der Waals surface area contributed by atoms with Crippen LogP contribution in [0.5, 0.6) is 0 Å². The van der Waals surface area contributed by atoms with Gasteiger partial charge in [0.15, 0.2) is 5.79 Å². The van der Waals surface area contributed by atoms with Gasteiger partial charge in [0, 0.05) is 23.7 Å². The first-order valence-corrected chi connectivity index (χ1v) is 5.75. The van der Waals surface area contributed by atoms with Crippen LogP contribution < -0.4 is 0 Å².